The number of carbonyl (C=O) groups is 1. The Balaban J connectivity index is 1.65. The molecule has 0 bridgehead atoms. The van der Waals surface area contributed by atoms with E-state index in [0.717, 1.165) is 24.1 Å². The van der Waals surface area contributed by atoms with Crippen molar-refractivity contribution in [2.24, 2.45) is 7.05 Å². The maximum absolute atomic E-state index is 12.8. The summed E-state index contributed by atoms with van der Waals surface area (Å²) in [4.78, 5) is 31.8. The molecule has 1 aliphatic rings. The van der Waals surface area contributed by atoms with Crippen molar-refractivity contribution in [1.82, 2.24) is 25.1 Å². The Labute approximate surface area is 150 Å². The summed E-state index contributed by atoms with van der Waals surface area (Å²) in [6.07, 6.45) is 3.82. The molecule has 7 nitrogen and oxygen atoms in total. The SMILES string of the molecule is Cn1ccc(C(NC(=O)c2cc(=O)[nH]c(C3CC3)n2)c2ccccc2)n1. The van der Waals surface area contributed by atoms with Crippen LogP contribution in [0.5, 0.6) is 0 Å². The zero-order chi connectivity index (χ0) is 18.1. The van der Waals surface area contributed by atoms with Gasteiger partial charge in [0.25, 0.3) is 11.5 Å². The fourth-order valence-corrected chi connectivity index (χ4v) is 2.91. The highest BCUT2D eigenvalue weighted by Crippen LogP contribution is 2.37. The Morgan fingerprint density at radius 2 is 2.04 bits per heavy atom. The summed E-state index contributed by atoms with van der Waals surface area (Å²) >= 11 is 0. The van der Waals surface area contributed by atoms with Crippen molar-refractivity contribution in [2.75, 3.05) is 0 Å². The van der Waals surface area contributed by atoms with E-state index in [4.69, 9.17) is 0 Å². The summed E-state index contributed by atoms with van der Waals surface area (Å²) in [6, 6.07) is 12.3. The van der Waals surface area contributed by atoms with Gasteiger partial charge in [-0.15, -0.1) is 0 Å². The van der Waals surface area contributed by atoms with Gasteiger partial charge in [0.1, 0.15) is 11.5 Å². The molecule has 0 radical (unpaired) electrons. The Morgan fingerprint density at radius 1 is 1.27 bits per heavy atom. The Hall–Kier alpha value is -3.22. The van der Waals surface area contributed by atoms with Crippen LogP contribution in [0, 0.1) is 0 Å². The molecular weight excluding hydrogens is 330 g/mol. The number of hydrogen-bond donors (Lipinski definition) is 2. The number of aromatic nitrogens is 4. The van der Waals surface area contributed by atoms with Crippen molar-refractivity contribution < 1.29 is 4.79 Å². The van der Waals surface area contributed by atoms with Gasteiger partial charge in [-0.2, -0.15) is 5.10 Å². The molecule has 1 aromatic carbocycles. The molecule has 1 aliphatic carbocycles. The summed E-state index contributed by atoms with van der Waals surface area (Å²) in [6.45, 7) is 0. The lowest BCUT2D eigenvalue weighted by Crippen LogP contribution is -2.31. The number of carbonyl (C=O) groups excluding carboxylic acids is 1. The van der Waals surface area contributed by atoms with Crippen LogP contribution in [0.15, 0.2) is 53.5 Å². The number of hydrogen-bond acceptors (Lipinski definition) is 4. The lowest BCUT2D eigenvalue weighted by atomic mass is 10.0. The van der Waals surface area contributed by atoms with E-state index in [1.54, 1.807) is 4.68 Å². The molecule has 1 amide bonds. The van der Waals surface area contributed by atoms with E-state index >= 15 is 0 Å². The van der Waals surface area contributed by atoms with Crippen molar-refractivity contribution in [3.63, 3.8) is 0 Å². The van der Waals surface area contributed by atoms with Crippen LogP contribution >= 0.6 is 0 Å². The Morgan fingerprint density at radius 3 is 2.69 bits per heavy atom. The smallest absolute Gasteiger partial charge is 0.270 e. The largest absolute Gasteiger partial charge is 0.338 e. The van der Waals surface area contributed by atoms with Crippen molar-refractivity contribution in [1.29, 1.82) is 0 Å². The van der Waals surface area contributed by atoms with Gasteiger partial charge in [-0.3, -0.25) is 14.3 Å². The molecule has 1 unspecified atom stereocenters. The molecule has 1 saturated carbocycles. The van der Waals surface area contributed by atoms with E-state index in [-0.39, 0.29) is 17.2 Å². The number of H-pyrrole nitrogens is 1. The number of rotatable bonds is 5. The summed E-state index contributed by atoms with van der Waals surface area (Å²) in [7, 11) is 1.83. The molecule has 4 rings (SSSR count). The third kappa shape index (κ3) is 3.42. The molecule has 1 atom stereocenters. The predicted molar refractivity (Wildman–Crippen MR) is 95.8 cm³/mol. The van der Waals surface area contributed by atoms with Crippen LogP contribution in [-0.2, 0) is 7.05 Å². The van der Waals surface area contributed by atoms with E-state index in [0.29, 0.717) is 5.82 Å². The Bertz CT molecular complexity index is 988. The minimum absolute atomic E-state index is 0.132. The first-order valence-electron chi connectivity index (χ1n) is 8.57. The van der Waals surface area contributed by atoms with Gasteiger partial charge >= 0.3 is 0 Å². The average Bonchev–Trinajstić information content (AvgIpc) is 3.41. The van der Waals surface area contributed by atoms with Gasteiger partial charge in [-0.1, -0.05) is 30.3 Å². The van der Waals surface area contributed by atoms with Crippen LogP contribution in [0.3, 0.4) is 0 Å². The van der Waals surface area contributed by atoms with Gasteiger partial charge in [-0.25, -0.2) is 4.98 Å². The highest BCUT2D eigenvalue weighted by Gasteiger charge is 2.28. The summed E-state index contributed by atoms with van der Waals surface area (Å²) < 4.78 is 1.69. The quantitative estimate of drug-likeness (QED) is 0.736. The molecule has 2 N–H and O–H groups in total. The first-order chi connectivity index (χ1) is 12.6. The van der Waals surface area contributed by atoms with Crippen LogP contribution < -0.4 is 10.9 Å². The maximum Gasteiger partial charge on any atom is 0.270 e. The Kier molecular flexibility index (Phi) is 4.12. The molecule has 0 spiro atoms. The number of aryl methyl sites for hydroxylation is 1. The predicted octanol–water partition coefficient (Wildman–Crippen LogP) is 1.90. The van der Waals surface area contributed by atoms with Crippen molar-refractivity contribution in [2.45, 2.75) is 24.8 Å². The van der Waals surface area contributed by atoms with Gasteiger partial charge < -0.3 is 10.3 Å². The zero-order valence-electron chi connectivity index (χ0n) is 14.3. The van der Waals surface area contributed by atoms with E-state index in [9.17, 15) is 9.59 Å². The van der Waals surface area contributed by atoms with Crippen LogP contribution in [0.1, 0.15) is 52.4 Å². The molecule has 132 valence electrons. The third-order valence-corrected chi connectivity index (χ3v) is 4.40. The first-order valence-corrected chi connectivity index (χ1v) is 8.57. The van der Waals surface area contributed by atoms with Crippen molar-refractivity contribution >= 4 is 5.91 Å². The third-order valence-electron chi connectivity index (χ3n) is 4.40. The first kappa shape index (κ1) is 16.3. The number of nitrogens with one attached hydrogen (secondary N) is 2. The standard InChI is InChI=1S/C19H19N5O2/c1-24-10-9-14(23-24)17(12-5-3-2-4-6-12)22-19(26)15-11-16(25)21-18(20-15)13-7-8-13/h2-6,9-11,13,17H,7-8H2,1H3,(H,22,26)(H,20,21,25). The molecular formula is C19H19N5O2. The zero-order valence-corrected chi connectivity index (χ0v) is 14.3. The van der Waals surface area contributed by atoms with Gasteiger partial charge in [0.05, 0.1) is 11.7 Å². The van der Waals surface area contributed by atoms with Gasteiger partial charge in [0, 0.05) is 25.2 Å². The summed E-state index contributed by atoms with van der Waals surface area (Å²) in [5, 5.41) is 7.38. The maximum atomic E-state index is 12.8. The minimum atomic E-state index is -0.421. The molecule has 1 fully saturated rings. The lowest BCUT2D eigenvalue weighted by molar-refractivity contribution is 0.0936. The fraction of sp³-hybridized carbons (Fsp3) is 0.263. The number of aromatic amines is 1. The van der Waals surface area contributed by atoms with E-state index in [1.165, 1.54) is 6.07 Å². The van der Waals surface area contributed by atoms with Crippen LogP contribution in [0.25, 0.3) is 0 Å². The molecule has 2 aromatic heterocycles. The second-order valence-corrected chi connectivity index (χ2v) is 6.52. The highest BCUT2D eigenvalue weighted by molar-refractivity contribution is 5.92. The number of nitrogens with zero attached hydrogens (tertiary/aromatic N) is 3. The molecule has 7 heteroatoms. The molecule has 0 saturated heterocycles. The highest BCUT2D eigenvalue weighted by atomic mass is 16.2. The topological polar surface area (TPSA) is 92.7 Å². The van der Waals surface area contributed by atoms with E-state index < -0.39 is 11.9 Å². The van der Waals surface area contributed by atoms with Crippen molar-refractivity contribution in [3.8, 4) is 0 Å². The minimum Gasteiger partial charge on any atom is -0.338 e. The van der Waals surface area contributed by atoms with Crippen LogP contribution in [0.4, 0.5) is 0 Å². The molecule has 26 heavy (non-hydrogen) atoms. The number of amides is 1. The van der Waals surface area contributed by atoms with Crippen molar-refractivity contribution in [3.05, 3.63) is 81.8 Å². The van der Waals surface area contributed by atoms with E-state index in [1.807, 2.05) is 49.6 Å². The summed E-state index contributed by atoms with van der Waals surface area (Å²) in [5.41, 5.74) is 1.46. The van der Waals surface area contributed by atoms with E-state index in [2.05, 4.69) is 20.4 Å². The lowest BCUT2D eigenvalue weighted by Gasteiger charge is -2.17. The molecule has 2 heterocycles. The van der Waals surface area contributed by atoms with Gasteiger partial charge in [0.15, 0.2) is 0 Å². The summed E-state index contributed by atoms with van der Waals surface area (Å²) in [5.74, 6) is 0.463. The average molecular weight is 349 g/mol. The second-order valence-electron chi connectivity index (χ2n) is 6.52. The van der Waals surface area contributed by atoms with Crippen LogP contribution in [0.2, 0.25) is 0 Å². The van der Waals surface area contributed by atoms with Gasteiger partial charge in [-0.05, 0) is 24.5 Å². The monoisotopic (exact) mass is 349 g/mol. The van der Waals surface area contributed by atoms with Crippen LogP contribution in [-0.4, -0.2) is 25.7 Å². The molecule has 3 aromatic rings. The number of benzene rings is 1. The molecule has 0 aliphatic heterocycles. The fourth-order valence-electron chi connectivity index (χ4n) is 2.91. The normalized spacial score (nSPS) is 14.8. The second kappa shape index (κ2) is 6.59. The van der Waals surface area contributed by atoms with Gasteiger partial charge in [0.2, 0.25) is 0 Å².